The number of hydrogen-bond acceptors (Lipinski definition) is 3. The zero-order valence-corrected chi connectivity index (χ0v) is 11.2. The third kappa shape index (κ3) is 2.58. The van der Waals surface area contributed by atoms with Crippen LogP contribution >= 0.6 is 0 Å². The molecule has 0 bridgehead atoms. The molecule has 0 aromatic carbocycles. The fraction of sp³-hybridized carbons (Fsp3) is 0.833. The number of nitrogens with zero attached hydrogens (tertiary/aromatic N) is 3. The largest absolute Gasteiger partial charge is 0.338 e. The summed E-state index contributed by atoms with van der Waals surface area (Å²) >= 11 is 0. The molecule has 0 aromatic rings. The maximum Gasteiger partial charge on any atom is 0.320 e. The third-order valence-electron chi connectivity index (χ3n) is 3.59. The van der Waals surface area contributed by atoms with Gasteiger partial charge in [0.1, 0.15) is 6.04 Å². The van der Waals surface area contributed by atoms with Crippen LogP contribution in [0.5, 0.6) is 0 Å². The highest BCUT2D eigenvalue weighted by Gasteiger charge is 2.37. The normalized spacial score (nSPS) is 24.2. The van der Waals surface area contributed by atoms with Gasteiger partial charge in [0.05, 0.1) is 0 Å². The first-order valence-electron chi connectivity index (χ1n) is 6.58. The maximum atomic E-state index is 12.4. The van der Waals surface area contributed by atoms with Gasteiger partial charge in [0, 0.05) is 46.8 Å². The molecule has 1 N–H and O–H groups in total. The van der Waals surface area contributed by atoms with E-state index >= 15 is 0 Å². The number of nitrogens with one attached hydrogen (secondary N) is 1. The Hall–Kier alpha value is -1.30. The maximum absolute atomic E-state index is 12.4. The van der Waals surface area contributed by atoms with E-state index in [1.165, 1.54) is 0 Å². The minimum absolute atomic E-state index is 0.0546. The van der Waals surface area contributed by atoms with E-state index in [1.807, 2.05) is 4.90 Å². The van der Waals surface area contributed by atoms with Crippen molar-refractivity contribution in [2.24, 2.45) is 0 Å². The summed E-state index contributed by atoms with van der Waals surface area (Å²) in [5, 5.41) is 3.23. The predicted molar refractivity (Wildman–Crippen MR) is 68.3 cm³/mol. The van der Waals surface area contributed by atoms with E-state index in [0.29, 0.717) is 6.54 Å². The molecule has 6 nitrogen and oxygen atoms in total. The predicted octanol–water partition coefficient (Wildman–Crippen LogP) is -0.436. The lowest BCUT2D eigenvalue weighted by Crippen LogP contribution is -2.54. The van der Waals surface area contributed by atoms with E-state index in [0.717, 1.165) is 39.0 Å². The summed E-state index contributed by atoms with van der Waals surface area (Å²) in [7, 11) is 3.46. The Morgan fingerprint density at radius 1 is 1.17 bits per heavy atom. The quantitative estimate of drug-likeness (QED) is 0.690. The Labute approximate surface area is 108 Å². The third-order valence-corrected chi connectivity index (χ3v) is 3.59. The lowest BCUT2D eigenvalue weighted by molar-refractivity contribution is -0.135. The summed E-state index contributed by atoms with van der Waals surface area (Å²) in [6.45, 7) is 3.89. The van der Waals surface area contributed by atoms with Crippen LogP contribution in [0.1, 0.15) is 12.8 Å². The van der Waals surface area contributed by atoms with Gasteiger partial charge in [0.15, 0.2) is 0 Å². The van der Waals surface area contributed by atoms with Gasteiger partial charge in [-0.25, -0.2) is 4.79 Å². The van der Waals surface area contributed by atoms with Crippen molar-refractivity contribution in [1.82, 2.24) is 20.0 Å². The van der Waals surface area contributed by atoms with Crippen molar-refractivity contribution in [3.05, 3.63) is 0 Å². The summed E-state index contributed by atoms with van der Waals surface area (Å²) in [4.78, 5) is 29.6. The average Bonchev–Trinajstić information content (AvgIpc) is 2.87. The molecule has 18 heavy (non-hydrogen) atoms. The van der Waals surface area contributed by atoms with Crippen LogP contribution in [-0.4, -0.2) is 79.5 Å². The molecule has 1 atom stereocenters. The zero-order chi connectivity index (χ0) is 13.1. The van der Waals surface area contributed by atoms with E-state index in [1.54, 1.807) is 23.9 Å². The van der Waals surface area contributed by atoms with E-state index in [-0.39, 0.29) is 18.0 Å². The summed E-state index contributed by atoms with van der Waals surface area (Å²) in [5.41, 5.74) is 0. The van der Waals surface area contributed by atoms with Crippen LogP contribution in [-0.2, 0) is 4.79 Å². The first kappa shape index (κ1) is 13.1. The van der Waals surface area contributed by atoms with Crippen LogP contribution in [0.25, 0.3) is 0 Å². The first-order valence-corrected chi connectivity index (χ1v) is 6.58. The second-order valence-electron chi connectivity index (χ2n) is 5.10. The van der Waals surface area contributed by atoms with Crippen molar-refractivity contribution in [3.63, 3.8) is 0 Å². The molecule has 2 heterocycles. The molecule has 1 unspecified atom stereocenters. The van der Waals surface area contributed by atoms with Crippen molar-refractivity contribution >= 4 is 11.9 Å². The fourth-order valence-corrected chi connectivity index (χ4v) is 2.61. The molecule has 2 aliphatic heterocycles. The molecule has 0 radical (unpaired) electrons. The van der Waals surface area contributed by atoms with Crippen molar-refractivity contribution in [2.75, 3.05) is 46.8 Å². The van der Waals surface area contributed by atoms with Gasteiger partial charge in [0.2, 0.25) is 5.91 Å². The Balaban J connectivity index is 2.01. The average molecular weight is 254 g/mol. The molecular weight excluding hydrogens is 232 g/mol. The SMILES string of the molecule is CN(C)C(=O)N1CCCC1C(=O)N1CCNCC1. The minimum atomic E-state index is -0.252. The van der Waals surface area contributed by atoms with Crippen LogP contribution in [0.4, 0.5) is 4.79 Å². The number of rotatable bonds is 1. The summed E-state index contributed by atoms with van der Waals surface area (Å²) in [6, 6.07) is -0.306. The van der Waals surface area contributed by atoms with E-state index in [2.05, 4.69) is 5.32 Å². The van der Waals surface area contributed by atoms with Gasteiger partial charge < -0.3 is 20.0 Å². The van der Waals surface area contributed by atoms with Gasteiger partial charge in [-0.3, -0.25) is 4.79 Å². The molecule has 6 heteroatoms. The Kier molecular flexibility index (Phi) is 4.06. The molecule has 0 saturated carbocycles. The van der Waals surface area contributed by atoms with Crippen LogP contribution in [0, 0.1) is 0 Å². The van der Waals surface area contributed by atoms with Crippen molar-refractivity contribution in [1.29, 1.82) is 0 Å². The standard InChI is InChI=1S/C12H22N4O2/c1-14(2)12(18)16-7-3-4-10(16)11(17)15-8-5-13-6-9-15/h10,13H,3-9H2,1-2H3. The molecular formula is C12H22N4O2. The van der Waals surface area contributed by atoms with Crippen molar-refractivity contribution < 1.29 is 9.59 Å². The lowest BCUT2D eigenvalue weighted by atomic mass is 10.2. The lowest BCUT2D eigenvalue weighted by Gasteiger charge is -2.33. The molecule has 0 aromatic heterocycles. The molecule has 2 aliphatic rings. The number of hydrogen-bond donors (Lipinski definition) is 1. The number of carbonyl (C=O) groups excluding carboxylic acids is 2. The van der Waals surface area contributed by atoms with E-state index in [9.17, 15) is 9.59 Å². The number of likely N-dealkylation sites (tertiary alicyclic amines) is 1. The number of urea groups is 1. The Morgan fingerprint density at radius 3 is 2.44 bits per heavy atom. The van der Waals surface area contributed by atoms with Crippen LogP contribution in [0.15, 0.2) is 0 Å². The van der Waals surface area contributed by atoms with Crippen molar-refractivity contribution in [3.8, 4) is 0 Å². The van der Waals surface area contributed by atoms with Crippen LogP contribution in [0.2, 0.25) is 0 Å². The molecule has 2 rings (SSSR count). The van der Waals surface area contributed by atoms with Gasteiger partial charge in [-0.05, 0) is 12.8 Å². The Bertz CT molecular complexity index is 326. The molecule has 2 saturated heterocycles. The van der Waals surface area contributed by atoms with E-state index in [4.69, 9.17) is 0 Å². The van der Waals surface area contributed by atoms with Gasteiger partial charge in [-0.1, -0.05) is 0 Å². The van der Waals surface area contributed by atoms with Gasteiger partial charge in [0.25, 0.3) is 0 Å². The molecule has 102 valence electrons. The molecule has 0 aliphatic carbocycles. The zero-order valence-electron chi connectivity index (χ0n) is 11.2. The Morgan fingerprint density at radius 2 is 1.83 bits per heavy atom. The van der Waals surface area contributed by atoms with Gasteiger partial charge >= 0.3 is 6.03 Å². The highest BCUT2D eigenvalue weighted by Crippen LogP contribution is 2.20. The number of piperazine rings is 1. The summed E-state index contributed by atoms with van der Waals surface area (Å²) < 4.78 is 0. The molecule has 3 amide bonds. The number of carbonyl (C=O) groups is 2. The van der Waals surface area contributed by atoms with E-state index < -0.39 is 0 Å². The number of amides is 3. The highest BCUT2D eigenvalue weighted by atomic mass is 16.2. The molecule has 0 spiro atoms. The van der Waals surface area contributed by atoms with Gasteiger partial charge in [-0.15, -0.1) is 0 Å². The smallest absolute Gasteiger partial charge is 0.320 e. The second kappa shape index (κ2) is 5.56. The first-order chi connectivity index (χ1) is 8.61. The monoisotopic (exact) mass is 254 g/mol. The topological polar surface area (TPSA) is 55.9 Å². The summed E-state index contributed by atoms with van der Waals surface area (Å²) in [5.74, 6) is 0.115. The summed E-state index contributed by atoms with van der Waals surface area (Å²) in [6.07, 6.45) is 1.71. The van der Waals surface area contributed by atoms with Crippen LogP contribution in [0.3, 0.4) is 0 Å². The fourth-order valence-electron chi connectivity index (χ4n) is 2.61. The molecule has 2 fully saturated rings. The minimum Gasteiger partial charge on any atom is -0.338 e. The second-order valence-corrected chi connectivity index (χ2v) is 5.10. The van der Waals surface area contributed by atoms with Crippen molar-refractivity contribution in [2.45, 2.75) is 18.9 Å². The van der Waals surface area contributed by atoms with Gasteiger partial charge in [-0.2, -0.15) is 0 Å². The van der Waals surface area contributed by atoms with Crippen LogP contribution < -0.4 is 5.32 Å². The highest BCUT2D eigenvalue weighted by molar-refractivity contribution is 5.87.